The molecule has 2 heterocycles. The molecule has 0 aliphatic carbocycles. The van der Waals surface area contributed by atoms with E-state index in [1.54, 1.807) is 0 Å². The van der Waals surface area contributed by atoms with Gasteiger partial charge in [0.25, 0.3) is 5.56 Å². The third kappa shape index (κ3) is 4.56. The van der Waals surface area contributed by atoms with Gasteiger partial charge in [0.15, 0.2) is 0 Å². The number of nitrogens with one attached hydrogen (secondary N) is 2. The number of aromatic nitrogens is 1. The lowest BCUT2D eigenvalue weighted by Gasteiger charge is -2.32. The SMILES string of the molecule is CCOc1ccc2cc(CNc3ccc(N4CCC[C@H](C)C4)cc3)c(=O)[nH]c2c1. The lowest BCUT2D eigenvalue weighted by atomic mass is 10.00. The molecule has 0 amide bonds. The van der Waals surface area contributed by atoms with E-state index < -0.39 is 0 Å². The van der Waals surface area contributed by atoms with Gasteiger partial charge in [-0.2, -0.15) is 0 Å². The van der Waals surface area contributed by atoms with Crippen LogP contribution in [0.5, 0.6) is 5.75 Å². The van der Waals surface area contributed by atoms with Gasteiger partial charge in [-0.3, -0.25) is 4.79 Å². The van der Waals surface area contributed by atoms with E-state index in [1.807, 2.05) is 31.2 Å². The van der Waals surface area contributed by atoms with Gasteiger partial charge in [-0.1, -0.05) is 6.92 Å². The zero-order valence-corrected chi connectivity index (χ0v) is 17.2. The van der Waals surface area contributed by atoms with Crippen molar-refractivity contribution in [3.63, 3.8) is 0 Å². The summed E-state index contributed by atoms with van der Waals surface area (Å²) in [4.78, 5) is 17.9. The van der Waals surface area contributed by atoms with Gasteiger partial charge in [-0.15, -0.1) is 0 Å². The van der Waals surface area contributed by atoms with E-state index >= 15 is 0 Å². The number of piperidine rings is 1. The van der Waals surface area contributed by atoms with Crippen LogP contribution >= 0.6 is 0 Å². The number of aromatic amines is 1. The lowest BCUT2D eigenvalue weighted by molar-refractivity contribution is 0.340. The van der Waals surface area contributed by atoms with Crippen molar-refractivity contribution in [3.8, 4) is 5.75 Å². The Hall–Kier alpha value is -2.95. The standard InChI is InChI=1S/C24H29N3O2/c1-3-29-22-11-6-18-13-19(24(28)26-23(18)14-22)15-25-20-7-9-21(10-8-20)27-12-4-5-17(2)16-27/h6-11,13-14,17,25H,3-5,12,15-16H2,1-2H3,(H,26,28)/t17-/m0/s1. The van der Waals surface area contributed by atoms with Crippen LogP contribution in [0.3, 0.4) is 0 Å². The van der Waals surface area contributed by atoms with Crippen LogP contribution in [0.15, 0.2) is 53.3 Å². The van der Waals surface area contributed by atoms with Gasteiger partial charge in [0.2, 0.25) is 0 Å². The van der Waals surface area contributed by atoms with Crippen LogP contribution in [-0.4, -0.2) is 24.7 Å². The van der Waals surface area contributed by atoms with E-state index in [9.17, 15) is 4.79 Å². The number of pyridine rings is 1. The van der Waals surface area contributed by atoms with E-state index in [0.717, 1.165) is 46.9 Å². The number of ether oxygens (including phenoxy) is 1. The molecule has 2 aromatic carbocycles. The Labute approximate surface area is 171 Å². The van der Waals surface area contributed by atoms with Crippen LogP contribution in [0.2, 0.25) is 0 Å². The van der Waals surface area contributed by atoms with E-state index in [2.05, 4.69) is 46.4 Å². The number of anilines is 2. The summed E-state index contributed by atoms with van der Waals surface area (Å²) >= 11 is 0. The van der Waals surface area contributed by atoms with Crippen LogP contribution in [0.25, 0.3) is 10.9 Å². The minimum Gasteiger partial charge on any atom is -0.494 e. The van der Waals surface area contributed by atoms with E-state index in [0.29, 0.717) is 13.2 Å². The molecule has 29 heavy (non-hydrogen) atoms. The zero-order valence-electron chi connectivity index (χ0n) is 17.2. The maximum atomic E-state index is 12.5. The average Bonchev–Trinajstić information content (AvgIpc) is 2.73. The van der Waals surface area contributed by atoms with E-state index in [-0.39, 0.29) is 5.56 Å². The summed E-state index contributed by atoms with van der Waals surface area (Å²) < 4.78 is 5.51. The van der Waals surface area contributed by atoms with Crippen LogP contribution in [-0.2, 0) is 6.54 Å². The van der Waals surface area contributed by atoms with Crippen molar-refractivity contribution in [3.05, 3.63) is 64.4 Å². The van der Waals surface area contributed by atoms with Crippen molar-refractivity contribution in [2.75, 3.05) is 29.9 Å². The van der Waals surface area contributed by atoms with Crippen molar-refractivity contribution >= 4 is 22.3 Å². The van der Waals surface area contributed by atoms with Gasteiger partial charge in [0.1, 0.15) is 5.75 Å². The van der Waals surface area contributed by atoms with Crippen molar-refractivity contribution in [2.45, 2.75) is 33.2 Å². The molecular weight excluding hydrogens is 362 g/mol. The summed E-state index contributed by atoms with van der Waals surface area (Å²) in [6.45, 7) is 7.62. The number of rotatable bonds is 6. The second-order valence-corrected chi connectivity index (χ2v) is 7.90. The van der Waals surface area contributed by atoms with Crippen LogP contribution in [0, 0.1) is 5.92 Å². The van der Waals surface area contributed by atoms with Crippen LogP contribution in [0.1, 0.15) is 32.3 Å². The number of nitrogens with zero attached hydrogens (tertiary/aromatic N) is 1. The van der Waals surface area contributed by atoms with Crippen molar-refractivity contribution in [2.24, 2.45) is 5.92 Å². The Morgan fingerprint density at radius 3 is 2.76 bits per heavy atom. The minimum atomic E-state index is -0.0717. The third-order valence-corrected chi connectivity index (χ3v) is 5.58. The molecule has 5 heteroatoms. The second-order valence-electron chi connectivity index (χ2n) is 7.90. The highest BCUT2D eigenvalue weighted by Crippen LogP contribution is 2.24. The molecule has 1 aliphatic rings. The fourth-order valence-corrected chi connectivity index (χ4v) is 4.02. The summed E-state index contributed by atoms with van der Waals surface area (Å²) in [5, 5.41) is 4.37. The summed E-state index contributed by atoms with van der Waals surface area (Å²) in [5.74, 6) is 1.52. The molecule has 1 saturated heterocycles. The van der Waals surface area contributed by atoms with Gasteiger partial charge < -0.3 is 19.9 Å². The molecule has 0 saturated carbocycles. The van der Waals surface area contributed by atoms with Crippen LogP contribution in [0.4, 0.5) is 11.4 Å². The monoisotopic (exact) mass is 391 g/mol. The highest BCUT2D eigenvalue weighted by molar-refractivity contribution is 5.80. The van der Waals surface area contributed by atoms with E-state index in [1.165, 1.54) is 18.5 Å². The molecule has 0 bridgehead atoms. The lowest BCUT2D eigenvalue weighted by Crippen LogP contribution is -2.34. The molecule has 3 aromatic rings. The molecule has 1 aromatic heterocycles. The third-order valence-electron chi connectivity index (χ3n) is 5.58. The van der Waals surface area contributed by atoms with Crippen molar-refractivity contribution in [1.29, 1.82) is 0 Å². The maximum Gasteiger partial charge on any atom is 0.253 e. The molecule has 1 aliphatic heterocycles. The Kier molecular flexibility index (Phi) is 5.74. The van der Waals surface area contributed by atoms with Gasteiger partial charge in [0.05, 0.1) is 12.1 Å². The van der Waals surface area contributed by atoms with Gasteiger partial charge in [-0.25, -0.2) is 0 Å². The molecule has 0 spiro atoms. The number of hydrogen-bond acceptors (Lipinski definition) is 4. The van der Waals surface area contributed by atoms with Gasteiger partial charge >= 0.3 is 0 Å². The second kappa shape index (κ2) is 8.60. The quantitative estimate of drug-likeness (QED) is 0.635. The summed E-state index contributed by atoms with van der Waals surface area (Å²) in [7, 11) is 0. The molecular formula is C24H29N3O2. The molecule has 4 rings (SSSR count). The first kappa shape index (κ1) is 19.4. The average molecular weight is 392 g/mol. The predicted octanol–water partition coefficient (Wildman–Crippen LogP) is 4.78. The first-order valence-electron chi connectivity index (χ1n) is 10.5. The molecule has 5 nitrogen and oxygen atoms in total. The summed E-state index contributed by atoms with van der Waals surface area (Å²) in [6.07, 6.45) is 2.58. The van der Waals surface area contributed by atoms with Gasteiger partial charge in [0, 0.05) is 42.6 Å². The Morgan fingerprint density at radius 2 is 2.00 bits per heavy atom. The fourth-order valence-electron chi connectivity index (χ4n) is 4.02. The Bertz CT molecular complexity index is 1030. The predicted molar refractivity (Wildman–Crippen MR) is 120 cm³/mol. The molecule has 0 radical (unpaired) electrons. The highest BCUT2D eigenvalue weighted by atomic mass is 16.5. The number of fused-ring (bicyclic) bond motifs is 1. The normalized spacial score (nSPS) is 16.8. The van der Waals surface area contributed by atoms with Crippen LogP contribution < -0.4 is 20.5 Å². The molecule has 2 N–H and O–H groups in total. The summed E-state index contributed by atoms with van der Waals surface area (Å²) in [6, 6.07) is 16.3. The Balaban J connectivity index is 1.44. The molecule has 1 fully saturated rings. The zero-order chi connectivity index (χ0) is 20.2. The fraction of sp³-hybridized carbons (Fsp3) is 0.375. The highest BCUT2D eigenvalue weighted by Gasteiger charge is 2.16. The first-order valence-corrected chi connectivity index (χ1v) is 10.5. The molecule has 1 atom stereocenters. The minimum absolute atomic E-state index is 0.0717. The first-order chi connectivity index (χ1) is 14.1. The van der Waals surface area contributed by atoms with Crippen molar-refractivity contribution < 1.29 is 4.74 Å². The van der Waals surface area contributed by atoms with Crippen molar-refractivity contribution in [1.82, 2.24) is 4.98 Å². The molecule has 0 unspecified atom stereocenters. The Morgan fingerprint density at radius 1 is 1.17 bits per heavy atom. The number of benzene rings is 2. The number of hydrogen-bond donors (Lipinski definition) is 2. The van der Waals surface area contributed by atoms with Gasteiger partial charge in [-0.05, 0) is 73.5 Å². The maximum absolute atomic E-state index is 12.5. The topological polar surface area (TPSA) is 57.4 Å². The smallest absolute Gasteiger partial charge is 0.253 e. The number of H-pyrrole nitrogens is 1. The molecule has 152 valence electrons. The largest absolute Gasteiger partial charge is 0.494 e. The summed E-state index contributed by atoms with van der Waals surface area (Å²) in [5.41, 5.74) is 3.73. The van der Waals surface area contributed by atoms with E-state index in [4.69, 9.17) is 4.74 Å².